The first-order chi connectivity index (χ1) is 8.10. The van der Waals surface area contributed by atoms with Crippen LogP contribution in [0.15, 0.2) is 18.2 Å². The molecule has 1 rings (SSSR count). The molecule has 1 aromatic rings. The Labute approximate surface area is 104 Å². The summed E-state index contributed by atoms with van der Waals surface area (Å²) in [5.41, 5.74) is 0.330. The molecule has 1 aromatic carbocycles. The highest BCUT2D eigenvalue weighted by atomic mass is 35.5. The van der Waals surface area contributed by atoms with Crippen LogP contribution in [0.4, 0.5) is 4.39 Å². The first kappa shape index (κ1) is 13.5. The molecule has 0 heterocycles. The van der Waals surface area contributed by atoms with E-state index < -0.39 is 5.82 Å². The third kappa shape index (κ3) is 3.43. The van der Waals surface area contributed by atoms with Gasteiger partial charge in [-0.3, -0.25) is 4.79 Å². The minimum Gasteiger partial charge on any atom is -0.338 e. The van der Waals surface area contributed by atoms with Crippen molar-refractivity contribution < 1.29 is 9.18 Å². The number of hydrogen-bond donors (Lipinski definition) is 0. The lowest BCUT2D eigenvalue weighted by molar-refractivity contribution is 0.0768. The molecule has 90 valence electrons. The van der Waals surface area contributed by atoms with Gasteiger partial charge in [-0.2, -0.15) is 5.26 Å². The van der Waals surface area contributed by atoms with E-state index >= 15 is 0 Å². The Morgan fingerprint density at radius 2 is 2.29 bits per heavy atom. The maximum Gasteiger partial charge on any atom is 0.253 e. The molecular weight excluding hydrogens is 243 g/mol. The Kier molecular flexibility index (Phi) is 4.92. The SMILES string of the molecule is CCN(CCC#N)C(=O)c1ccc(F)c(Cl)c1. The zero-order valence-corrected chi connectivity index (χ0v) is 10.2. The molecule has 1 amide bonds. The number of carbonyl (C=O) groups excluding carboxylic acids is 1. The van der Waals surface area contributed by atoms with Crippen molar-refractivity contribution in [3.63, 3.8) is 0 Å². The molecule has 0 bridgehead atoms. The standard InChI is InChI=1S/C12H12ClFN2O/c1-2-16(7-3-6-15)12(17)9-4-5-11(14)10(13)8-9/h4-5,8H,2-3,7H2,1H3. The van der Waals surface area contributed by atoms with E-state index in [1.165, 1.54) is 17.0 Å². The second-order valence-electron chi connectivity index (χ2n) is 3.42. The van der Waals surface area contributed by atoms with Crippen LogP contribution in [0.25, 0.3) is 0 Å². The highest BCUT2D eigenvalue weighted by Crippen LogP contribution is 2.17. The summed E-state index contributed by atoms with van der Waals surface area (Å²) in [6, 6.07) is 5.83. The average Bonchev–Trinajstić information content (AvgIpc) is 2.33. The summed E-state index contributed by atoms with van der Waals surface area (Å²) in [4.78, 5) is 13.5. The van der Waals surface area contributed by atoms with Crippen LogP contribution < -0.4 is 0 Å². The Bertz CT molecular complexity index is 456. The molecule has 0 aliphatic carbocycles. The minimum absolute atomic E-state index is 0.0767. The van der Waals surface area contributed by atoms with E-state index in [0.717, 1.165) is 6.07 Å². The number of rotatable bonds is 4. The van der Waals surface area contributed by atoms with E-state index in [0.29, 0.717) is 18.7 Å². The lowest BCUT2D eigenvalue weighted by atomic mass is 10.2. The zero-order valence-electron chi connectivity index (χ0n) is 9.41. The number of benzene rings is 1. The van der Waals surface area contributed by atoms with Gasteiger partial charge in [0.2, 0.25) is 0 Å². The normalized spacial score (nSPS) is 9.76. The predicted octanol–water partition coefficient (Wildman–Crippen LogP) is 2.85. The van der Waals surface area contributed by atoms with Crippen molar-refractivity contribution in [2.45, 2.75) is 13.3 Å². The predicted molar refractivity (Wildman–Crippen MR) is 63.2 cm³/mol. The van der Waals surface area contributed by atoms with Crippen LogP contribution >= 0.6 is 11.6 Å². The summed E-state index contributed by atoms with van der Waals surface area (Å²) in [5, 5.41) is 8.41. The molecule has 17 heavy (non-hydrogen) atoms. The van der Waals surface area contributed by atoms with Crippen LogP contribution in [0, 0.1) is 17.1 Å². The van der Waals surface area contributed by atoms with Crippen molar-refractivity contribution in [2.75, 3.05) is 13.1 Å². The Morgan fingerprint density at radius 3 is 2.82 bits per heavy atom. The summed E-state index contributed by atoms with van der Waals surface area (Å²) in [6.07, 6.45) is 0.272. The Morgan fingerprint density at radius 1 is 1.59 bits per heavy atom. The molecule has 0 fully saturated rings. The quantitative estimate of drug-likeness (QED) is 0.829. The van der Waals surface area contributed by atoms with Crippen molar-refractivity contribution in [1.82, 2.24) is 4.90 Å². The van der Waals surface area contributed by atoms with Crippen LogP contribution in [0.3, 0.4) is 0 Å². The zero-order chi connectivity index (χ0) is 12.8. The van der Waals surface area contributed by atoms with Gasteiger partial charge in [-0.05, 0) is 25.1 Å². The fourth-order valence-electron chi connectivity index (χ4n) is 1.40. The third-order valence-corrected chi connectivity index (χ3v) is 2.62. The van der Waals surface area contributed by atoms with E-state index in [1.807, 2.05) is 13.0 Å². The molecule has 0 aliphatic rings. The molecule has 0 spiro atoms. The van der Waals surface area contributed by atoms with Gasteiger partial charge in [0.15, 0.2) is 0 Å². The molecule has 0 saturated carbocycles. The average molecular weight is 255 g/mol. The molecule has 3 nitrogen and oxygen atoms in total. The summed E-state index contributed by atoms with van der Waals surface area (Å²) < 4.78 is 12.9. The Hall–Kier alpha value is -1.60. The minimum atomic E-state index is -0.553. The fourth-order valence-corrected chi connectivity index (χ4v) is 1.58. The van der Waals surface area contributed by atoms with Gasteiger partial charge in [-0.1, -0.05) is 11.6 Å². The van der Waals surface area contributed by atoms with Crippen LogP contribution in [0.2, 0.25) is 5.02 Å². The molecule has 0 aromatic heterocycles. The second-order valence-corrected chi connectivity index (χ2v) is 3.83. The molecule has 0 N–H and O–H groups in total. The van der Waals surface area contributed by atoms with Gasteiger partial charge >= 0.3 is 0 Å². The maximum absolute atomic E-state index is 12.9. The number of nitriles is 1. The van der Waals surface area contributed by atoms with Crippen LogP contribution in [0.5, 0.6) is 0 Å². The van der Waals surface area contributed by atoms with E-state index in [4.69, 9.17) is 16.9 Å². The van der Waals surface area contributed by atoms with Crippen LogP contribution in [-0.2, 0) is 0 Å². The highest BCUT2D eigenvalue weighted by Gasteiger charge is 2.14. The van der Waals surface area contributed by atoms with Crippen LogP contribution in [0.1, 0.15) is 23.7 Å². The molecule has 0 atom stereocenters. The van der Waals surface area contributed by atoms with Gasteiger partial charge in [-0.25, -0.2) is 4.39 Å². The third-order valence-electron chi connectivity index (χ3n) is 2.33. The van der Waals surface area contributed by atoms with Crippen molar-refractivity contribution in [1.29, 1.82) is 5.26 Å². The largest absolute Gasteiger partial charge is 0.338 e. The number of nitrogens with zero attached hydrogens (tertiary/aromatic N) is 2. The van der Waals surface area contributed by atoms with Gasteiger partial charge in [-0.15, -0.1) is 0 Å². The lowest BCUT2D eigenvalue weighted by Gasteiger charge is -2.19. The molecule has 0 radical (unpaired) electrons. The number of hydrogen-bond acceptors (Lipinski definition) is 2. The molecule has 0 saturated heterocycles. The van der Waals surface area contributed by atoms with E-state index in [-0.39, 0.29) is 17.4 Å². The topological polar surface area (TPSA) is 44.1 Å². The van der Waals surface area contributed by atoms with Gasteiger partial charge in [0.05, 0.1) is 17.5 Å². The van der Waals surface area contributed by atoms with E-state index in [2.05, 4.69) is 0 Å². The molecule has 5 heteroatoms. The van der Waals surface area contributed by atoms with Crippen molar-refractivity contribution in [3.8, 4) is 6.07 Å². The first-order valence-corrected chi connectivity index (χ1v) is 5.59. The second kappa shape index (κ2) is 6.21. The summed E-state index contributed by atoms with van der Waals surface area (Å²) >= 11 is 5.61. The van der Waals surface area contributed by atoms with E-state index in [9.17, 15) is 9.18 Å². The fraction of sp³-hybridized carbons (Fsp3) is 0.333. The van der Waals surface area contributed by atoms with Gasteiger partial charge in [0, 0.05) is 18.7 Å². The van der Waals surface area contributed by atoms with Gasteiger partial charge < -0.3 is 4.90 Å². The van der Waals surface area contributed by atoms with E-state index in [1.54, 1.807) is 0 Å². The smallest absolute Gasteiger partial charge is 0.253 e. The van der Waals surface area contributed by atoms with Crippen molar-refractivity contribution >= 4 is 17.5 Å². The Balaban J connectivity index is 2.86. The molecule has 0 unspecified atom stereocenters. The lowest BCUT2D eigenvalue weighted by Crippen LogP contribution is -2.31. The summed E-state index contributed by atoms with van der Waals surface area (Å²) in [6.45, 7) is 2.68. The highest BCUT2D eigenvalue weighted by molar-refractivity contribution is 6.31. The summed E-state index contributed by atoms with van der Waals surface area (Å²) in [7, 11) is 0. The van der Waals surface area contributed by atoms with Gasteiger partial charge in [0.25, 0.3) is 5.91 Å². The first-order valence-electron chi connectivity index (χ1n) is 5.21. The number of halogens is 2. The summed E-state index contributed by atoms with van der Waals surface area (Å²) in [5.74, 6) is -0.798. The molecular formula is C12H12ClFN2O. The molecule has 0 aliphatic heterocycles. The van der Waals surface area contributed by atoms with Crippen LogP contribution in [-0.4, -0.2) is 23.9 Å². The van der Waals surface area contributed by atoms with Crippen molar-refractivity contribution in [2.24, 2.45) is 0 Å². The monoisotopic (exact) mass is 254 g/mol. The van der Waals surface area contributed by atoms with Crippen molar-refractivity contribution in [3.05, 3.63) is 34.6 Å². The maximum atomic E-state index is 12.9. The number of carbonyl (C=O) groups is 1. The number of amides is 1. The van der Waals surface area contributed by atoms with Gasteiger partial charge in [0.1, 0.15) is 5.82 Å².